The number of benzene rings is 2. The van der Waals surface area contributed by atoms with Gasteiger partial charge in [0.1, 0.15) is 11.3 Å². The molecule has 2 heterocycles. The Morgan fingerprint density at radius 2 is 2.00 bits per heavy atom. The Morgan fingerprint density at radius 3 is 2.73 bits per heavy atom. The van der Waals surface area contributed by atoms with E-state index in [1.54, 1.807) is 17.3 Å². The summed E-state index contributed by atoms with van der Waals surface area (Å²) in [6.45, 7) is 6.90. The van der Waals surface area contributed by atoms with Crippen LogP contribution in [0.25, 0.3) is 10.2 Å². The van der Waals surface area contributed by atoms with Gasteiger partial charge in [0.05, 0.1) is 17.9 Å². The van der Waals surface area contributed by atoms with Crippen molar-refractivity contribution in [3.63, 3.8) is 0 Å². The second kappa shape index (κ2) is 8.63. The van der Waals surface area contributed by atoms with E-state index in [-0.39, 0.29) is 5.91 Å². The van der Waals surface area contributed by atoms with Gasteiger partial charge in [-0.2, -0.15) is 0 Å². The van der Waals surface area contributed by atoms with Gasteiger partial charge in [0.25, 0.3) is 5.91 Å². The number of fused-ring (bicyclic) bond motifs is 1. The van der Waals surface area contributed by atoms with E-state index in [2.05, 4.69) is 4.98 Å². The normalized spacial score (nSPS) is 10.9. The third-order valence-electron chi connectivity index (χ3n) is 4.82. The number of thiazole rings is 1. The predicted molar refractivity (Wildman–Crippen MR) is 121 cm³/mol. The Kier molecular flexibility index (Phi) is 5.77. The van der Waals surface area contributed by atoms with Gasteiger partial charge < -0.3 is 4.74 Å². The molecule has 0 aliphatic rings. The molecule has 152 valence electrons. The third-order valence-corrected chi connectivity index (χ3v) is 5.87. The highest BCUT2D eigenvalue weighted by Gasteiger charge is 2.24. The van der Waals surface area contributed by atoms with Crippen molar-refractivity contribution in [1.82, 2.24) is 9.97 Å². The lowest BCUT2D eigenvalue weighted by molar-refractivity contribution is 0.0984. The summed E-state index contributed by atoms with van der Waals surface area (Å²) >= 11 is 1.49. The average molecular weight is 418 g/mol. The standard InChI is InChI=1S/C24H23N3O2S/c1-4-29-20-8-5-9-21-22(20)26-24(30-21)27(15-18-7-6-12-25-14-18)23(28)19-11-10-16(2)13-17(19)3/h5-14H,4,15H2,1-3H3. The first kappa shape index (κ1) is 20.0. The summed E-state index contributed by atoms with van der Waals surface area (Å²) in [5.74, 6) is 0.658. The van der Waals surface area contributed by atoms with Crippen molar-refractivity contribution in [2.75, 3.05) is 11.5 Å². The van der Waals surface area contributed by atoms with Gasteiger partial charge in [0.2, 0.25) is 0 Å². The lowest BCUT2D eigenvalue weighted by Crippen LogP contribution is -2.31. The van der Waals surface area contributed by atoms with Gasteiger partial charge in [0, 0.05) is 18.0 Å². The summed E-state index contributed by atoms with van der Waals surface area (Å²) < 4.78 is 6.73. The third kappa shape index (κ3) is 4.04. The zero-order valence-electron chi connectivity index (χ0n) is 17.3. The number of aromatic nitrogens is 2. The number of para-hydroxylation sites is 1. The molecule has 0 spiro atoms. The molecule has 5 nitrogen and oxygen atoms in total. The van der Waals surface area contributed by atoms with Crippen molar-refractivity contribution in [3.05, 3.63) is 83.2 Å². The quantitative estimate of drug-likeness (QED) is 0.412. The molecule has 0 unspecified atom stereocenters. The number of hydrogen-bond donors (Lipinski definition) is 0. The molecule has 0 fully saturated rings. The van der Waals surface area contributed by atoms with E-state index in [9.17, 15) is 4.79 Å². The molecule has 6 heteroatoms. The molecule has 0 N–H and O–H groups in total. The van der Waals surface area contributed by atoms with Gasteiger partial charge in [0.15, 0.2) is 5.13 Å². The van der Waals surface area contributed by atoms with Crippen molar-refractivity contribution in [1.29, 1.82) is 0 Å². The molecule has 2 aromatic carbocycles. The first-order chi connectivity index (χ1) is 14.6. The lowest BCUT2D eigenvalue weighted by Gasteiger charge is -2.21. The summed E-state index contributed by atoms with van der Waals surface area (Å²) in [6.07, 6.45) is 3.51. The molecule has 0 aliphatic heterocycles. The molecule has 0 saturated heterocycles. The molecular formula is C24H23N3O2S. The van der Waals surface area contributed by atoms with Crippen molar-refractivity contribution < 1.29 is 9.53 Å². The number of amides is 1. The van der Waals surface area contributed by atoms with Gasteiger partial charge >= 0.3 is 0 Å². The van der Waals surface area contributed by atoms with Crippen LogP contribution in [0.5, 0.6) is 5.75 Å². The van der Waals surface area contributed by atoms with Crippen LogP contribution in [-0.4, -0.2) is 22.5 Å². The monoisotopic (exact) mass is 417 g/mol. The van der Waals surface area contributed by atoms with Gasteiger partial charge in [-0.25, -0.2) is 4.98 Å². The maximum absolute atomic E-state index is 13.6. The van der Waals surface area contributed by atoms with E-state index in [0.717, 1.165) is 32.7 Å². The van der Waals surface area contributed by atoms with E-state index in [4.69, 9.17) is 9.72 Å². The highest BCUT2D eigenvalue weighted by atomic mass is 32.1. The molecule has 0 radical (unpaired) electrons. The van der Waals surface area contributed by atoms with Crippen molar-refractivity contribution in [2.24, 2.45) is 0 Å². The number of carbonyl (C=O) groups is 1. The van der Waals surface area contributed by atoms with Gasteiger partial charge in [-0.3, -0.25) is 14.7 Å². The summed E-state index contributed by atoms with van der Waals surface area (Å²) in [4.78, 5) is 24.3. The minimum atomic E-state index is -0.0756. The minimum absolute atomic E-state index is 0.0756. The smallest absolute Gasteiger partial charge is 0.260 e. The Labute approximate surface area is 180 Å². The highest BCUT2D eigenvalue weighted by molar-refractivity contribution is 7.22. The number of carbonyl (C=O) groups excluding carboxylic acids is 1. The van der Waals surface area contributed by atoms with Crippen molar-refractivity contribution >= 4 is 32.6 Å². The Bertz CT molecular complexity index is 1190. The fraction of sp³-hybridized carbons (Fsp3) is 0.208. The van der Waals surface area contributed by atoms with Crippen LogP contribution in [0.15, 0.2) is 60.9 Å². The van der Waals surface area contributed by atoms with Crippen molar-refractivity contribution in [3.8, 4) is 5.75 Å². The molecule has 4 aromatic rings. The van der Waals surface area contributed by atoms with Crippen LogP contribution in [0.3, 0.4) is 0 Å². The van der Waals surface area contributed by atoms with Crippen LogP contribution in [0, 0.1) is 13.8 Å². The van der Waals surface area contributed by atoms with E-state index in [1.807, 2.05) is 69.3 Å². The van der Waals surface area contributed by atoms with Crippen molar-refractivity contribution in [2.45, 2.75) is 27.3 Å². The number of ether oxygens (including phenoxy) is 1. The predicted octanol–water partition coefficient (Wildman–Crippen LogP) is 5.55. The maximum atomic E-state index is 13.6. The van der Waals surface area contributed by atoms with Crippen LogP contribution >= 0.6 is 11.3 Å². The lowest BCUT2D eigenvalue weighted by atomic mass is 10.0. The topological polar surface area (TPSA) is 55.3 Å². The van der Waals surface area contributed by atoms with Gasteiger partial charge in [-0.1, -0.05) is 41.2 Å². The first-order valence-electron chi connectivity index (χ1n) is 9.87. The van der Waals surface area contributed by atoms with Crippen LogP contribution < -0.4 is 9.64 Å². The first-order valence-corrected chi connectivity index (χ1v) is 10.7. The maximum Gasteiger partial charge on any atom is 0.260 e. The molecule has 4 rings (SSSR count). The SMILES string of the molecule is CCOc1cccc2sc(N(Cc3cccnc3)C(=O)c3ccc(C)cc3C)nc12. The summed E-state index contributed by atoms with van der Waals surface area (Å²) in [6, 6.07) is 15.6. The second-order valence-electron chi connectivity index (χ2n) is 7.10. The fourth-order valence-corrected chi connectivity index (χ4v) is 4.38. The Balaban J connectivity index is 1.80. The molecule has 0 saturated carbocycles. The largest absolute Gasteiger partial charge is 0.492 e. The number of anilines is 1. The van der Waals surface area contributed by atoms with Gasteiger partial charge in [-0.05, 0) is 56.2 Å². The minimum Gasteiger partial charge on any atom is -0.492 e. The van der Waals surface area contributed by atoms with Crippen LogP contribution in [0.4, 0.5) is 5.13 Å². The number of pyridine rings is 1. The molecule has 0 bridgehead atoms. The molecule has 0 aliphatic carbocycles. The van der Waals surface area contributed by atoms with Crippen LogP contribution in [-0.2, 0) is 6.54 Å². The number of nitrogens with zero attached hydrogens (tertiary/aromatic N) is 3. The Hall–Kier alpha value is -3.25. The summed E-state index contributed by atoms with van der Waals surface area (Å²) in [5, 5.41) is 0.644. The highest BCUT2D eigenvalue weighted by Crippen LogP contribution is 2.35. The number of hydrogen-bond acceptors (Lipinski definition) is 5. The molecule has 2 aromatic heterocycles. The van der Waals surface area contributed by atoms with E-state index >= 15 is 0 Å². The number of aryl methyl sites for hydroxylation is 2. The van der Waals surface area contributed by atoms with Gasteiger partial charge in [-0.15, -0.1) is 0 Å². The molecule has 30 heavy (non-hydrogen) atoms. The summed E-state index contributed by atoms with van der Waals surface area (Å²) in [7, 11) is 0. The van der Waals surface area contributed by atoms with E-state index in [1.165, 1.54) is 11.3 Å². The average Bonchev–Trinajstić information content (AvgIpc) is 3.17. The fourth-order valence-electron chi connectivity index (χ4n) is 3.40. The van der Waals surface area contributed by atoms with Crippen LogP contribution in [0.2, 0.25) is 0 Å². The summed E-state index contributed by atoms with van der Waals surface area (Å²) in [5.41, 5.74) is 4.48. The zero-order chi connectivity index (χ0) is 21.1. The van der Waals surface area contributed by atoms with E-state index < -0.39 is 0 Å². The zero-order valence-corrected chi connectivity index (χ0v) is 18.1. The molecule has 0 atom stereocenters. The number of rotatable bonds is 6. The second-order valence-corrected chi connectivity index (χ2v) is 8.11. The molecular weight excluding hydrogens is 394 g/mol. The Morgan fingerprint density at radius 1 is 1.13 bits per heavy atom. The van der Waals surface area contributed by atoms with E-state index in [0.29, 0.717) is 23.8 Å². The molecule has 1 amide bonds. The van der Waals surface area contributed by atoms with Crippen LogP contribution in [0.1, 0.15) is 34.0 Å².